The number of ether oxygens (including phenoxy) is 2. The van der Waals surface area contributed by atoms with Crippen LogP contribution in [0.2, 0.25) is 0 Å². The molecule has 9 nitrogen and oxygen atoms in total. The van der Waals surface area contributed by atoms with Gasteiger partial charge in [0.15, 0.2) is 12.4 Å². The standard InChI is InChI=1S/C14H16F3N7O2/c1-3-25-8(2)23-5-9(4-20-23)10-11(26-6-14(15,16)17)12-21-13(18)22-24(12)7-19-10/h4-5,7-8H,3,6H2,1-2H3,(H2,18,22). The van der Waals surface area contributed by atoms with Crippen LogP contribution in [0.3, 0.4) is 0 Å². The maximum absolute atomic E-state index is 12.6. The van der Waals surface area contributed by atoms with Crippen LogP contribution in [-0.4, -0.2) is 48.8 Å². The van der Waals surface area contributed by atoms with Crippen molar-refractivity contribution in [2.75, 3.05) is 18.9 Å². The molecule has 0 aliphatic rings. The molecule has 0 radical (unpaired) electrons. The van der Waals surface area contributed by atoms with E-state index in [0.717, 1.165) is 4.52 Å². The van der Waals surface area contributed by atoms with E-state index in [2.05, 4.69) is 20.2 Å². The fraction of sp³-hybridized carbons (Fsp3) is 0.429. The maximum atomic E-state index is 12.6. The Morgan fingerprint density at radius 3 is 2.81 bits per heavy atom. The SMILES string of the molecule is CCOC(C)n1cc(-c2ncn3nc(N)nc3c2OCC(F)(F)F)cn1. The predicted molar refractivity (Wildman–Crippen MR) is 84.3 cm³/mol. The summed E-state index contributed by atoms with van der Waals surface area (Å²) in [5.74, 6) is -0.292. The van der Waals surface area contributed by atoms with E-state index < -0.39 is 12.8 Å². The zero-order valence-corrected chi connectivity index (χ0v) is 13.9. The first-order valence-electron chi connectivity index (χ1n) is 7.65. The van der Waals surface area contributed by atoms with Gasteiger partial charge in [0, 0.05) is 18.4 Å². The molecule has 26 heavy (non-hydrogen) atoms. The second-order valence-corrected chi connectivity index (χ2v) is 5.33. The van der Waals surface area contributed by atoms with E-state index in [4.69, 9.17) is 15.2 Å². The van der Waals surface area contributed by atoms with Gasteiger partial charge in [0.25, 0.3) is 0 Å². The summed E-state index contributed by atoms with van der Waals surface area (Å²) < 4.78 is 51.0. The second kappa shape index (κ2) is 6.78. The van der Waals surface area contributed by atoms with Gasteiger partial charge in [-0.3, -0.25) is 0 Å². The first-order chi connectivity index (χ1) is 12.3. The Balaban J connectivity index is 2.04. The number of hydrogen-bond acceptors (Lipinski definition) is 7. The zero-order valence-electron chi connectivity index (χ0n) is 13.9. The van der Waals surface area contributed by atoms with Crippen molar-refractivity contribution in [3.8, 4) is 17.0 Å². The van der Waals surface area contributed by atoms with Gasteiger partial charge in [-0.2, -0.15) is 27.8 Å². The Morgan fingerprint density at radius 2 is 2.12 bits per heavy atom. The zero-order chi connectivity index (χ0) is 18.9. The highest BCUT2D eigenvalue weighted by atomic mass is 19.4. The van der Waals surface area contributed by atoms with Gasteiger partial charge in [-0.25, -0.2) is 9.67 Å². The van der Waals surface area contributed by atoms with E-state index in [1.165, 1.54) is 17.2 Å². The Labute approximate surface area is 145 Å². The van der Waals surface area contributed by atoms with Gasteiger partial charge in [-0.1, -0.05) is 0 Å². The summed E-state index contributed by atoms with van der Waals surface area (Å²) in [5.41, 5.74) is 6.14. The van der Waals surface area contributed by atoms with Crippen molar-refractivity contribution >= 4 is 11.6 Å². The van der Waals surface area contributed by atoms with Crippen LogP contribution in [0.5, 0.6) is 5.75 Å². The third kappa shape index (κ3) is 3.69. The summed E-state index contributed by atoms with van der Waals surface area (Å²) in [6.45, 7) is 2.61. The van der Waals surface area contributed by atoms with Gasteiger partial charge in [0.05, 0.1) is 6.20 Å². The largest absolute Gasteiger partial charge is 0.478 e. The van der Waals surface area contributed by atoms with Crippen LogP contribution in [0.4, 0.5) is 19.1 Å². The molecule has 0 aromatic carbocycles. The lowest BCUT2D eigenvalue weighted by atomic mass is 10.2. The fourth-order valence-electron chi connectivity index (χ4n) is 2.32. The van der Waals surface area contributed by atoms with Crippen molar-refractivity contribution in [2.24, 2.45) is 0 Å². The predicted octanol–water partition coefficient (Wildman–Crippen LogP) is 2.07. The van der Waals surface area contributed by atoms with Gasteiger partial charge >= 0.3 is 6.18 Å². The summed E-state index contributed by atoms with van der Waals surface area (Å²) in [6, 6.07) is 0. The highest BCUT2D eigenvalue weighted by Gasteiger charge is 2.30. The van der Waals surface area contributed by atoms with Gasteiger partial charge < -0.3 is 15.2 Å². The molecule has 2 N–H and O–H groups in total. The third-order valence-corrected chi connectivity index (χ3v) is 3.40. The van der Waals surface area contributed by atoms with Crippen molar-refractivity contribution in [1.82, 2.24) is 29.4 Å². The molecule has 0 aliphatic heterocycles. The Hall–Kier alpha value is -2.89. The third-order valence-electron chi connectivity index (χ3n) is 3.40. The summed E-state index contributed by atoms with van der Waals surface area (Å²) in [6.07, 6.45) is -0.532. The molecule has 0 bridgehead atoms. The van der Waals surface area contributed by atoms with Crippen LogP contribution in [0.15, 0.2) is 18.7 Å². The molecule has 140 valence electrons. The molecule has 0 spiro atoms. The molecule has 1 atom stereocenters. The molecule has 0 fully saturated rings. The van der Waals surface area contributed by atoms with Crippen LogP contribution >= 0.6 is 0 Å². The Morgan fingerprint density at radius 1 is 1.35 bits per heavy atom. The lowest BCUT2D eigenvalue weighted by Gasteiger charge is -2.13. The van der Waals surface area contributed by atoms with Crippen molar-refractivity contribution in [3.05, 3.63) is 18.7 Å². The summed E-state index contributed by atoms with van der Waals surface area (Å²) >= 11 is 0. The van der Waals surface area contributed by atoms with Crippen molar-refractivity contribution in [1.29, 1.82) is 0 Å². The van der Waals surface area contributed by atoms with E-state index in [1.807, 2.05) is 6.92 Å². The molecule has 0 saturated carbocycles. The number of nitrogen functional groups attached to an aromatic ring is 1. The molecule has 12 heteroatoms. The number of hydrogen-bond donors (Lipinski definition) is 1. The molecule has 3 aromatic rings. The molecule has 3 heterocycles. The first kappa shape index (κ1) is 17.9. The topological polar surface area (TPSA) is 105 Å². The van der Waals surface area contributed by atoms with Crippen LogP contribution in [0.1, 0.15) is 20.1 Å². The highest BCUT2D eigenvalue weighted by Crippen LogP contribution is 2.32. The number of halogens is 3. The number of fused-ring (bicyclic) bond motifs is 1. The summed E-state index contributed by atoms with van der Waals surface area (Å²) in [4.78, 5) is 8.04. The molecule has 0 aliphatic carbocycles. The molecule has 3 aromatic heterocycles. The number of anilines is 1. The van der Waals surface area contributed by atoms with E-state index in [9.17, 15) is 13.2 Å². The van der Waals surface area contributed by atoms with E-state index in [1.54, 1.807) is 13.1 Å². The summed E-state index contributed by atoms with van der Waals surface area (Å²) in [5, 5.41) is 7.98. The van der Waals surface area contributed by atoms with Crippen molar-refractivity contribution in [2.45, 2.75) is 26.3 Å². The fourth-order valence-corrected chi connectivity index (χ4v) is 2.32. The second-order valence-electron chi connectivity index (χ2n) is 5.33. The van der Waals surface area contributed by atoms with E-state index >= 15 is 0 Å². The smallest absolute Gasteiger partial charge is 0.422 e. The molecular formula is C14H16F3N7O2. The molecule has 0 amide bonds. The molecule has 1 unspecified atom stereocenters. The van der Waals surface area contributed by atoms with Crippen LogP contribution in [-0.2, 0) is 4.74 Å². The van der Waals surface area contributed by atoms with Gasteiger partial charge in [0.2, 0.25) is 11.6 Å². The van der Waals surface area contributed by atoms with Crippen molar-refractivity contribution < 1.29 is 22.6 Å². The quantitative estimate of drug-likeness (QED) is 0.707. The van der Waals surface area contributed by atoms with Gasteiger partial charge in [-0.15, -0.1) is 5.10 Å². The monoisotopic (exact) mass is 371 g/mol. The first-order valence-corrected chi connectivity index (χ1v) is 7.65. The maximum Gasteiger partial charge on any atom is 0.422 e. The van der Waals surface area contributed by atoms with Gasteiger partial charge in [0.1, 0.15) is 18.2 Å². The van der Waals surface area contributed by atoms with E-state index in [-0.39, 0.29) is 29.3 Å². The van der Waals surface area contributed by atoms with Crippen LogP contribution < -0.4 is 10.5 Å². The Bertz CT molecular complexity index is 906. The molecular weight excluding hydrogens is 355 g/mol. The molecule has 3 rings (SSSR count). The van der Waals surface area contributed by atoms with E-state index in [0.29, 0.717) is 12.2 Å². The average Bonchev–Trinajstić information content (AvgIpc) is 3.17. The Kier molecular flexibility index (Phi) is 4.68. The minimum atomic E-state index is -4.52. The number of rotatable bonds is 6. The average molecular weight is 371 g/mol. The normalized spacial score (nSPS) is 13.3. The number of nitrogens with zero attached hydrogens (tertiary/aromatic N) is 6. The summed E-state index contributed by atoms with van der Waals surface area (Å²) in [7, 11) is 0. The van der Waals surface area contributed by atoms with Crippen LogP contribution in [0.25, 0.3) is 16.9 Å². The van der Waals surface area contributed by atoms with Crippen molar-refractivity contribution in [3.63, 3.8) is 0 Å². The lowest BCUT2D eigenvalue weighted by molar-refractivity contribution is -0.153. The van der Waals surface area contributed by atoms with Crippen LogP contribution in [0, 0.1) is 0 Å². The number of aromatic nitrogens is 6. The molecule has 0 saturated heterocycles. The minimum Gasteiger partial charge on any atom is -0.478 e. The lowest BCUT2D eigenvalue weighted by Crippen LogP contribution is -2.20. The minimum absolute atomic E-state index is 0.0300. The van der Waals surface area contributed by atoms with Gasteiger partial charge in [-0.05, 0) is 13.8 Å². The number of nitrogens with two attached hydrogens (primary N) is 1. The highest BCUT2D eigenvalue weighted by molar-refractivity contribution is 5.73. The number of alkyl halides is 3.